The molecular formula is C23H32F3NO3. The van der Waals surface area contributed by atoms with E-state index in [1.54, 1.807) is 0 Å². The van der Waals surface area contributed by atoms with E-state index >= 15 is 0 Å². The first-order valence-corrected chi connectivity index (χ1v) is 11.4. The Kier molecular flexibility index (Phi) is 5.46. The molecule has 3 aliphatic carbocycles. The van der Waals surface area contributed by atoms with Crippen molar-refractivity contribution in [2.45, 2.75) is 83.9 Å². The van der Waals surface area contributed by atoms with Crippen LogP contribution in [0, 0.1) is 35.0 Å². The number of allylic oxidation sites excluding steroid dienone is 1. The summed E-state index contributed by atoms with van der Waals surface area (Å²) in [5.41, 5.74) is 0.139. The molecule has 2 N–H and O–H groups in total. The van der Waals surface area contributed by atoms with E-state index in [0.717, 1.165) is 25.7 Å². The normalized spacial score (nSPS) is 36.3. The molecule has 0 radical (unpaired) electrons. The first-order chi connectivity index (χ1) is 14.1. The zero-order valence-electron chi connectivity index (χ0n) is 17.7. The van der Waals surface area contributed by atoms with Crippen LogP contribution in [-0.2, 0) is 4.79 Å². The highest BCUT2D eigenvalue weighted by Gasteiger charge is 2.58. The van der Waals surface area contributed by atoms with Gasteiger partial charge in [-0.15, -0.1) is 0 Å². The largest absolute Gasteiger partial charge is 0.505 e. The Labute approximate surface area is 175 Å². The van der Waals surface area contributed by atoms with Crippen LogP contribution >= 0.6 is 0 Å². The number of nitrogens with zero attached hydrogens (tertiary/aromatic N) is 1. The molecule has 3 unspecified atom stereocenters. The summed E-state index contributed by atoms with van der Waals surface area (Å²) in [7, 11) is 0. The Hall–Kier alpha value is -1.53. The van der Waals surface area contributed by atoms with Gasteiger partial charge in [-0.25, -0.2) is 4.79 Å². The van der Waals surface area contributed by atoms with E-state index in [1.807, 2.05) is 0 Å². The molecule has 3 fully saturated rings. The van der Waals surface area contributed by atoms with Crippen molar-refractivity contribution >= 4 is 11.7 Å². The Morgan fingerprint density at radius 2 is 1.73 bits per heavy atom. The lowest BCUT2D eigenvalue weighted by Crippen LogP contribution is -2.44. The molecule has 0 spiro atoms. The average molecular weight is 428 g/mol. The molecule has 3 atom stereocenters. The second-order valence-corrected chi connectivity index (χ2v) is 10.2. The third kappa shape index (κ3) is 3.56. The predicted octanol–water partition coefficient (Wildman–Crippen LogP) is 5.93. The summed E-state index contributed by atoms with van der Waals surface area (Å²) in [5, 5.41) is 21.0. The maximum absolute atomic E-state index is 13.1. The van der Waals surface area contributed by atoms with Gasteiger partial charge in [0.25, 0.3) is 0 Å². The van der Waals surface area contributed by atoms with Gasteiger partial charge >= 0.3 is 12.1 Å². The van der Waals surface area contributed by atoms with Gasteiger partial charge in [-0.2, -0.15) is 13.2 Å². The van der Waals surface area contributed by atoms with E-state index in [1.165, 1.54) is 0 Å². The molecule has 0 aromatic carbocycles. The molecule has 3 saturated carbocycles. The number of rotatable bonds is 4. The van der Waals surface area contributed by atoms with Crippen molar-refractivity contribution in [2.75, 3.05) is 0 Å². The van der Waals surface area contributed by atoms with Crippen LogP contribution in [0.25, 0.3) is 0 Å². The Morgan fingerprint density at radius 1 is 1.10 bits per heavy atom. The smallest absolute Gasteiger partial charge is 0.391 e. The second kappa shape index (κ2) is 7.56. The number of carboxylic acids is 1. The maximum Gasteiger partial charge on any atom is 0.391 e. The number of aliphatic hydroxyl groups is 1. The Bertz CT molecular complexity index is 758. The number of dihydropyridines is 1. The molecule has 30 heavy (non-hydrogen) atoms. The average Bonchev–Trinajstić information content (AvgIpc) is 3.47. The van der Waals surface area contributed by atoms with Crippen molar-refractivity contribution in [2.24, 2.45) is 40.0 Å². The van der Waals surface area contributed by atoms with Crippen LogP contribution < -0.4 is 0 Å². The summed E-state index contributed by atoms with van der Waals surface area (Å²) in [5.74, 6) is -2.15. The summed E-state index contributed by atoms with van der Waals surface area (Å²) in [6.07, 6.45) is 1.16. The van der Waals surface area contributed by atoms with E-state index in [-0.39, 0.29) is 48.0 Å². The molecule has 0 amide bonds. The van der Waals surface area contributed by atoms with Gasteiger partial charge in [0.05, 0.1) is 23.2 Å². The predicted molar refractivity (Wildman–Crippen MR) is 107 cm³/mol. The van der Waals surface area contributed by atoms with Crippen LogP contribution in [0.15, 0.2) is 16.3 Å². The summed E-state index contributed by atoms with van der Waals surface area (Å²) in [6.45, 7) is 4.26. The number of aliphatic carboxylic acids is 1. The minimum absolute atomic E-state index is 0.0321. The van der Waals surface area contributed by atoms with Gasteiger partial charge < -0.3 is 10.2 Å². The van der Waals surface area contributed by atoms with E-state index in [9.17, 15) is 28.2 Å². The number of alkyl halides is 3. The number of aliphatic hydroxyl groups excluding tert-OH is 1. The summed E-state index contributed by atoms with van der Waals surface area (Å²) in [4.78, 5) is 17.1. The van der Waals surface area contributed by atoms with Crippen molar-refractivity contribution in [3.8, 4) is 0 Å². The quantitative estimate of drug-likeness (QED) is 0.584. The van der Waals surface area contributed by atoms with Crippen LogP contribution in [0.3, 0.4) is 0 Å². The molecule has 0 saturated heterocycles. The molecular weight excluding hydrogens is 395 g/mol. The molecule has 4 aliphatic rings. The molecule has 1 heterocycles. The van der Waals surface area contributed by atoms with Gasteiger partial charge in [0.2, 0.25) is 0 Å². The van der Waals surface area contributed by atoms with Crippen LogP contribution in [0.1, 0.15) is 71.6 Å². The molecule has 168 valence electrons. The van der Waals surface area contributed by atoms with Gasteiger partial charge in [-0.05, 0) is 69.1 Å². The summed E-state index contributed by atoms with van der Waals surface area (Å²) < 4.78 is 39.3. The fraction of sp³-hybridized carbons (Fsp3) is 0.826. The SMILES string of the molecule is CC(C)C1CCCC2C(C(=O)O)=C(O)C(C3(C4CCC(C(F)(F)F)CC4)CC3)=NC21. The third-order valence-corrected chi connectivity index (χ3v) is 8.35. The maximum atomic E-state index is 13.1. The van der Waals surface area contributed by atoms with Crippen LogP contribution in [-0.4, -0.2) is 34.1 Å². The highest BCUT2D eigenvalue weighted by Crippen LogP contribution is 2.61. The first-order valence-electron chi connectivity index (χ1n) is 11.4. The van der Waals surface area contributed by atoms with E-state index < -0.39 is 23.5 Å². The van der Waals surface area contributed by atoms with Crippen molar-refractivity contribution in [3.05, 3.63) is 11.3 Å². The fourth-order valence-corrected chi connectivity index (χ4v) is 6.53. The minimum Gasteiger partial charge on any atom is -0.505 e. The molecule has 0 bridgehead atoms. The highest BCUT2D eigenvalue weighted by molar-refractivity contribution is 6.10. The molecule has 1 aliphatic heterocycles. The van der Waals surface area contributed by atoms with Gasteiger partial charge in [0, 0.05) is 11.3 Å². The monoisotopic (exact) mass is 427 g/mol. The first kappa shape index (κ1) is 21.7. The number of carboxylic acid groups (broad SMARTS) is 1. The number of aliphatic imine (C=N–C) groups is 1. The fourth-order valence-electron chi connectivity index (χ4n) is 6.53. The van der Waals surface area contributed by atoms with Crippen molar-refractivity contribution in [1.82, 2.24) is 0 Å². The molecule has 0 aromatic heterocycles. The van der Waals surface area contributed by atoms with Gasteiger partial charge in [-0.3, -0.25) is 4.99 Å². The second-order valence-electron chi connectivity index (χ2n) is 10.2. The van der Waals surface area contributed by atoms with Crippen LogP contribution in [0.2, 0.25) is 0 Å². The Balaban J connectivity index is 1.66. The highest BCUT2D eigenvalue weighted by atomic mass is 19.4. The van der Waals surface area contributed by atoms with Crippen molar-refractivity contribution in [1.29, 1.82) is 0 Å². The molecule has 7 heteroatoms. The zero-order valence-corrected chi connectivity index (χ0v) is 17.7. The lowest BCUT2D eigenvalue weighted by molar-refractivity contribution is -0.184. The standard InChI is InChI=1S/C23H32F3NO3/c1-12(2)15-4-3-5-16-17(21(29)30)19(28)20(27-18(15)16)22(10-11-22)13-6-8-14(9-7-13)23(24,25)26/h12-16,18,28H,3-11H2,1-2H3,(H,29,30). The molecule has 0 aromatic rings. The van der Waals surface area contributed by atoms with E-state index in [2.05, 4.69) is 13.8 Å². The van der Waals surface area contributed by atoms with Crippen molar-refractivity contribution < 1.29 is 28.2 Å². The number of hydrogen-bond acceptors (Lipinski definition) is 3. The lowest BCUT2D eigenvalue weighted by atomic mass is 9.66. The van der Waals surface area contributed by atoms with Crippen LogP contribution in [0.4, 0.5) is 13.2 Å². The number of fused-ring (bicyclic) bond motifs is 1. The van der Waals surface area contributed by atoms with E-state index in [0.29, 0.717) is 30.9 Å². The number of halogens is 3. The lowest BCUT2D eigenvalue weighted by Gasteiger charge is -2.43. The molecule has 4 nitrogen and oxygen atoms in total. The van der Waals surface area contributed by atoms with E-state index in [4.69, 9.17) is 4.99 Å². The zero-order chi connectivity index (χ0) is 21.8. The van der Waals surface area contributed by atoms with Gasteiger partial charge in [0.1, 0.15) is 5.76 Å². The Morgan fingerprint density at radius 3 is 2.23 bits per heavy atom. The van der Waals surface area contributed by atoms with Gasteiger partial charge in [-0.1, -0.05) is 20.3 Å². The third-order valence-electron chi connectivity index (χ3n) is 8.35. The molecule has 4 rings (SSSR count). The minimum atomic E-state index is -4.15. The topological polar surface area (TPSA) is 69.9 Å². The summed E-state index contributed by atoms with van der Waals surface area (Å²) >= 11 is 0. The van der Waals surface area contributed by atoms with Crippen molar-refractivity contribution in [3.63, 3.8) is 0 Å². The number of hydrogen-bond donors (Lipinski definition) is 2. The number of carbonyl (C=O) groups is 1. The van der Waals surface area contributed by atoms with Gasteiger partial charge in [0.15, 0.2) is 0 Å². The van der Waals surface area contributed by atoms with Crippen LogP contribution in [0.5, 0.6) is 0 Å². The summed E-state index contributed by atoms with van der Waals surface area (Å²) in [6, 6.07) is -0.153.